The van der Waals surface area contributed by atoms with Crippen LogP contribution in [0, 0.1) is 23.2 Å². The molecule has 0 spiro atoms. The molecule has 1 aliphatic heterocycles. The maximum atomic E-state index is 13.1. The maximum Gasteiger partial charge on any atom is 0.249 e. The predicted octanol–water partition coefficient (Wildman–Crippen LogP) is 2.80. The van der Waals surface area contributed by atoms with Gasteiger partial charge in [0.25, 0.3) is 0 Å². The smallest absolute Gasteiger partial charge is 0.249 e. The van der Waals surface area contributed by atoms with Crippen LogP contribution < -0.4 is 0 Å². The minimum atomic E-state index is -0.156. The summed E-state index contributed by atoms with van der Waals surface area (Å²) in [5.74, 6) is 0.460. The van der Waals surface area contributed by atoms with E-state index in [1.807, 2.05) is 10.7 Å². The monoisotopic (exact) mass is 417 g/mol. The molecule has 31 heavy (non-hydrogen) atoms. The Hall–Kier alpha value is -3.38. The summed E-state index contributed by atoms with van der Waals surface area (Å²) in [4.78, 5) is 31.6. The molecule has 0 unspecified atom stereocenters. The Morgan fingerprint density at radius 1 is 1.13 bits per heavy atom. The number of carbonyl (C=O) groups excluding carboxylic acids is 1. The van der Waals surface area contributed by atoms with Crippen LogP contribution in [-0.2, 0) is 16.2 Å². The molecule has 2 aliphatic rings. The Morgan fingerprint density at radius 2 is 2.00 bits per heavy atom. The van der Waals surface area contributed by atoms with E-state index in [-0.39, 0.29) is 17.9 Å². The topological polar surface area (TPSA) is 110 Å². The van der Waals surface area contributed by atoms with E-state index in [2.05, 4.69) is 26.1 Å². The van der Waals surface area contributed by atoms with E-state index >= 15 is 0 Å². The van der Waals surface area contributed by atoms with Crippen molar-refractivity contribution in [1.29, 1.82) is 5.26 Å². The first-order valence-electron chi connectivity index (χ1n) is 10.7. The molecule has 3 aromatic rings. The molecule has 0 N–H and O–H groups in total. The van der Waals surface area contributed by atoms with Gasteiger partial charge in [0.2, 0.25) is 5.91 Å². The second kappa shape index (κ2) is 8.40. The van der Waals surface area contributed by atoms with E-state index in [9.17, 15) is 4.79 Å². The highest BCUT2D eigenvalue weighted by molar-refractivity contribution is 5.78. The predicted molar refractivity (Wildman–Crippen MR) is 110 cm³/mol. The Balaban J connectivity index is 1.22. The van der Waals surface area contributed by atoms with Gasteiger partial charge in [-0.1, -0.05) is 0 Å². The molecule has 1 atom stereocenters. The molecule has 1 aliphatic carbocycles. The zero-order chi connectivity index (χ0) is 21.2. The van der Waals surface area contributed by atoms with Crippen molar-refractivity contribution in [3.05, 3.63) is 48.3 Å². The van der Waals surface area contributed by atoms with Crippen LogP contribution in [0.1, 0.15) is 49.4 Å². The van der Waals surface area contributed by atoms with Crippen molar-refractivity contribution in [3.63, 3.8) is 0 Å². The van der Waals surface area contributed by atoms with Crippen molar-refractivity contribution in [2.24, 2.45) is 11.8 Å². The standard InChI is InChI=1S/C22H23N7O2/c23-10-16-9-21-19(26-11-16)13-27-28(21)14-15-1-3-17(4-2-15)22(30)29-20(5-8-31-29)18-12-24-6-7-25-18/h6-7,9,11-13,15,17,20H,1-5,8,14H2/t15?,17?,20-/m0/s1. The van der Waals surface area contributed by atoms with E-state index in [4.69, 9.17) is 10.1 Å². The molecular formula is C22H23N7O2. The number of nitrogens with zero attached hydrogens (tertiary/aromatic N) is 7. The number of rotatable bonds is 4. The van der Waals surface area contributed by atoms with Crippen LogP contribution >= 0.6 is 0 Å². The lowest BCUT2D eigenvalue weighted by Crippen LogP contribution is -2.37. The third-order valence-electron chi connectivity index (χ3n) is 6.30. The van der Waals surface area contributed by atoms with Gasteiger partial charge >= 0.3 is 0 Å². The lowest BCUT2D eigenvalue weighted by molar-refractivity contribution is -0.183. The molecule has 3 aromatic heterocycles. The van der Waals surface area contributed by atoms with E-state index in [1.165, 1.54) is 5.06 Å². The lowest BCUT2D eigenvalue weighted by Gasteiger charge is -2.31. The highest BCUT2D eigenvalue weighted by Crippen LogP contribution is 2.36. The van der Waals surface area contributed by atoms with Gasteiger partial charge in [0.15, 0.2) is 0 Å². The first kappa shape index (κ1) is 19.6. The highest BCUT2D eigenvalue weighted by Gasteiger charge is 2.38. The Bertz CT molecular complexity index is 1120. The molecule has 1 saturated heterocycles. The maximum absolute atomic E-state index is 13.1. The van der Waals surface area contributed by atoms with Gasteiger partial charge in [-0.2, -0.15) is 10.4 Å². The molecule has 9 nitrogen and oxygen atoms in total. The zero-order valence-electron chi connectivity index (χ0n) is 17.1. The molecule has 5 rings (SSSR count). The molecule has 9 heteroatoms. The van der Waals surface area contributed by atoms with Crippen LogP contribution in [-0.4, -0.2) is 42.3 Å². The van der Waals surface area contributed by atoms with E-state index < -0.39 is 0 Å². The van der Waals surface area contributed by atoms with Gasteiger partial charge in [-0.05, 0) is 37.7 Å². The summed E-state index contributed by atoms with van der Waals surface area (Å²) >= 11 is 0. The molecule has 1 saturated carbocycles. The van der Waals surface area contributed by atoms with Gasteiger partial charge in [0, 0.05) is 37.5 Å². The summed E-state index contributed by atoms with van der Waals surface area (Å²) in [7, 11) is 0. The molecule has 0 radical (unpaired) electrons. The molecule has 4 heterocycles. The van der Waals surface area contributed by atoms with Gasteiger partial charge in [-0.15, -0.1) is 0 Å². The molecule has 158 valence electrons. The average Bonchev–Trinajstić information content (AvgIpc) is 3.47. The number of hydrogen-bond donors (Lipinski definition) is 0. The van der Waals surface area contributed by atoms with E-state index in [1.54, 1.807) is 31.0 Å². The fraction of sp³-hybridized carbons (Fsp3) is 0.455. The number of pyridine rings is 1. The highest BCUT2D eigenvalue weighted by atomic mass is 16.7. The number of hydroxylamine groups is 2. The van der Waals surface area contributed by atoms with Crippen LogP contribution in [0.5, 0.6) is 0 Å². The third-order valence-corrected chi connectivity index (χ3v) is 6.30. The van der Waals surface area contributed by atoms with Crippen LogP contribution in [0.4, 0.5) is 0 Å². The van der Waals surface area contributed by atoms with Crippen molar-refractivity contribution < 1.29 is 9.63 Å². The van der Waals surface area contributed by atoms with Crippen LogP contribution in [0.15, 0.2) is 37.1 Å². The molecule has 0 aromatic carbocycles. The van der Waals surface area contributed by atoms with E-state index in [0.717, 1.165) is 55.4 Å². The fourth-order valence-electron chi connectivity index (χ4n) is 4.62. The van der Waals surface area contributed by atoms with Crippen molar-refractivity contribution >= 4 is 16.9 Å². The van der Waals surface area contributed by atoms with Crippen molar-refractivity contribution in [1.82, 2.24) is 29.8 Å². The number of carbonyl (C=O) groups is 1. The number of amides is 1. The lowest BCUT2D eigenvalue weighted by atomic mass is 9.81. The van der Waals surface area contributed by atoms with Crippen molar-refractivity contribution in [2.45, 2.75) is 44.7 Å². The fourth-order valence-corrected chi connectivity index (χ4v) is 4.62. The van der Waals surface area contributed by atoms with Crippen LogP contribution in [0.2, 0.25) is 0 Å². The van der Waals surface area contributed by atoms with Gasteiger partial charge in [0.1, 0.15) is 17.6 Å². The van der Waals surface area contributed by atoms with Crippen LogP contribution in [0.25, 0.3) is 11.0 Å². The summed E-state index contributed by atoms with van der Waals surface area (Å²) in [6, 6.07) is 3.81. The van der Waals surface area contributed by atoms with Crippen molar-refractivity contribution in [3.8, 4) is 6.07 Å². The van der Waals surface area contributed by atoms with Gasteiger partial charge in [0.05, 0.1) is 35.8 Å². The molecule has 0 bridgehead atoms. The number of fused-ring (bicyclic) bond motifs is 1. The zero-order valence-corrected chi connectivity index (χ0v) is 17.1. The number of aromatic nitrogens is 5. The first-order valence-corrected chi connectivity index (χ1v) is 10.7. The second-order valence-electron chi connectivity index (χ2n) is 8.22. The minimum absolute atomic E-state index is 0.0326. The molecule has 1 amide bonds. The largest absolute Gasteiger partial charge is 0.272 e. The van der Waals surface area contributed by atoms with Crippen LogP contribution in [0.3, 0.4) is 0 Å². The molecule has 2 fully saturated rings. The molecular weight excluding hydrogens is 394 g/mol. The Labute approximate surface area is 179 Å². The summed E-state index contributed by atoms with van der Waals surface area (Å²) < 4.78 is 1.93. The average molecular weight is 417 g/mol. The van der Waals surface area contributed by atoms with E-state index in [0.29, 0.717) is 18.1 Å². The minimum Gasteiger partial charge on any atom is -0.272 e. The third kappa shape index (κ3) is 3.86. The number of hydrogen-bond acceptors (Lipinski definition) is 7. The van der Waals surface area contributed by atoms with Gasteiger partial charge < -0.3 is 0 Å². The summed E-state index contributed by atoms with van der Waals surface area (Å²) in [5.41, 5.74) is 2.99. The Kier molecular flexibility index (Phi) is 5.30. The first-order chi connectivity index (χ1) is 15.2. The van der Waals surface area contributed by atoms with Crippen molar-refractivity contribution in [2.75, 3.05) is 6.61 Å². The summed E-state index contributed by atoms with van der Waals surface area (Å²) in [6.45, 7) is 1.29. The Morgan fingerprint density at radius 3 is 2.77 bits per heavy atom. The summed E-state index contributed by atoms with van der Waals surface area (Å²) in [6.07, 6.45) is 12.6. The van der Waals surface area contributed by atoms with Gasteiger partial charge in [-0.3, -0.25) is 29.3 Å². The normalized spacial score (nSPS) is 23.7. The summed E-state index contributed by atoms with van der Waals surface area (Å²) in [5, 5.41) is 15.1. The SMILES string of the molecule is N#Cc1cnc2cnn(CC3CCC(C(=O)N4OCC[C@H]4c4cnccn4)CC3)c2c1. The number of nitriles is 1. The van der Waals surface area contributed by atoms with Gasteiger partial charge in [-0.25, -0.2) is 5.06 Å². The quantitative estimate of drug-likeness (QED) is 0.642. The second-order valence-corrected chi connectivity index (χ2v) is 8.22.